The molecule has 4 nitrogen and oxygen atoms in total. The molecule has 140 valence electrons. The lowest BCUT2D eigenvalue weighted by Gasteiger charge is -2.13. The lowest BCUT2D eigenvalue weighted by molar-refractivity contribution is 0.478. The van der Waals surface area contributed by atoms with Gasteiger partial charge < -0.3 is 15.7 Å². The third-order valence-corrected chi connectivity index (χ3v) is 5.77. The smallest absolute Gasteiger partial charge is 0.171 e. The minimum Gasteiger partial charge on any atom is -0.504 e. The maximum absolute atomic E-state index is 10.3. The molecule has 3 N–H and O–H groups in total. The Morgan fingerprint density at radius 1 is 1.07 bits per heavy atom. The van der Waals surface area contributed by atoms with E-state index in [0.29, 0.717) is 17.3 Å². The van der Waals surface area contributed by atoms with E-state index in [-0.39, 0.29) is 10.8 Å². The molecule has 0 aliphatic rings. The summed E-state index contributed by atoms with van der Waals surface area (Å²) in [6, 6.07) is 21.4. The summed E-state index contributed by atoms with van der Waals surface area (Å²) in [5, 5.41) is 18.0. The fourth-order valence-corrected chi connectivity index (χ4v) is 4.11. The van der Waals surface area contributed by atoms with Gasteiger partial charge in [0, 0.05) is 12.1 Å². The van der Waals surface area contributed by atoms with Gasteiger partial charge >= 0.3 is 0 Å². The quantitative estimate of drug-likeness (QED) is 0.284. The second-order valence-electron chi connectivity index (χ2n) is 6.13. The lowest BCUT2D eigenvalue weighted by Crippen LogP contribution is -2.27. The fraction of sp³-hybridized carbons (Fsp3) is 0.0476. The minimum absolute atomic E-state index is 0.0459. The van der Waals surface area contributed by atoms with Crippen LogP contribution in [0.5, 0.6) is 5.75 Å². The number of nitrogens with one attached hydrogen (secondary N) is 2. The zero-order valence-corrected chi connectivity index (χ0v) is 17.0. The first kappa shape index (κ1) is 18.7. The highest BCUT2D eigenvalue weighted by atomic mass is 35.5. The predicted molar refractivity (Wildman–Crippen MR) is 121 cm³/mol. The van der Waals surface area contributed by atoms with Gasteiger partial charge in [0.25, 0.3) is 0 Å². The van der Waals surface area contributed by atoms with Crippen LogP contribution in [0.25, 0.3) is 20.8 Å². The fourth-order valence-electron chi connectivity index (χ4n) is 2.76. The minimum atomic E-state index is -0.0459. The van der Waals surface area contributed by atoms with Crippen LogP contribution in [0.2, 0.25) is 5.02 Å². The van der Waals surface area contributed by atoms with Gasteiger partial charge in [0.05, 0.1) is 20.9 Å². The van der Waals surface area contributed by atoms with E-state index in [1.165, 1.54) is 0 Å². The molecule has 0 unspecified atom stereocenters. The van der Waals surface area contributed by atoms with Crippen molar-refractivity contribution in [2.45, 2.75) is 6.54 Å². The van der Waals surface area contributed by atoms with Crippen LogP contribution < -0.4 is 10.6 Å². The molecule has 4 aromatic rings. The Labute approximate surface area is 176 Å². The number of phenols is 1. The molecule has 1 aromatic heterocycles. The molecule has 0 saturated heterocycles. The van der Waals surface area contributed by atoms with Gasteiger partial charge in [-0.2, -0.15) is 0 Å². The summed E-state index contributed by atoms with van der Waals surface area (Å²) in [4.78, 5) is 4.65. The van der Waals surface area contributed by atoms with Gasteiger partial charge in [-0.1, -0.05) is 54.1 Å². The molecule has 0 atom stereocenters. The predicted octanol–water partition coefficient (Wildman–Crippen LogP) is 5.81. The highest BCUT2D eigenvalue weighted by Gasteiger charge is 2.14. The monoisotopic (exact) mass is 425 g/mol. The van der Waals surface area contributed by atoms with Crippen molar-refractivity contribution in [2.75, 3.05) is 5.32 Å². The molecule has 0 amide bonds. The van der Waals surface area contributed by atoms with Crippen molar-refractivity contribution in [3.63, 3.8) is 0 Å². The zero-order chi connectivity index (χ0) is 19.5. The standard InChI is InChI=1S/C21H16ClN3OS2/c22-15-10-14(20-24-16-8-4-5-9-18(16)28-20)11-17(19(15)26)25-21(27)23-12-13-6-2-1-3-7-13/h1-11,26H,12H2,(H2,23,25,27). The van der Waals surface area contributed by atoms with Gasteiger partial charge in [-0.05, 0) is 42.0 Å². The summed E-state index contributed by atoms with van der Waals surface area (Å²) in [5.41, 5.74) is 3.29. The van der Waals surface area contributed by atoms with E-state index < -0.39 is 0 Å². The summed E-state index contributed by atoms with van der Waals surface area (Å²) in [6.07, 6.45) is 0. The molecule has 0 aliphatic heterocycles. The van der Waals surface area contributed by atoms with Crippen LogP contribution in [0.4, 0.5) is 5.69 Å². The lowest BCUT2D eigenvalue weighted by atomic mass is 10.2. The summed E-state index contributed by atoms with van der Waals surface area (Å²) in [7, 11) is 0. The Balaban J connectivity index is 1.56. The van der Waals surface area contributed by atoms with Gasteiger partial charge in [0.15, 0.2) is 10.9 Å². The molecule has 3 aromatic carbocycles. The highest BCUT2D eigenvalue weighted by molar-refractivity contribution is 7.80. The summed E-state index contributed by atoms with van der Waals surface area (Å²) < 4.78 is 1.09. The third kappa shape index (κ3) is 4.09. The van der Waals surface area contributed by atoms with E-state index in [9.17, 15) is 5.11 Å². The van der Waals surface area contributed by atoms with Crippen LogP contribution in [0, 0.1) is 0 Å². The Hall–Kier alpha value is -2.67. The Bertz CT molecular complexity index is 1110. The largest absolute Gasteiger partial charge is 0.504 e. The SMILES string of the molecule is Oc1c(Cl)cc(-c2nc3ccccc3s2)cc1NC(=S)NCc1ccccc1. The number of halogens is 1. The first-order valence-electron chi connectivity index (χ1n) is 8.57. The molecule has 7 heteroatoms. The number of phenolic OH excluding ortho intramolecular Hbond substituents is 1. The van der Waals surface area contributed by atoms with Crippen LogP contribution >= 0.6 is 35.2 Å². The number of fused-ring (bicyclic) bond motifs is 1. The number of hydrogen-bond donors (Lipinski definition) is 3. The molecule has 0 aliphatic carbocycles. The molecule has 4 rings (SSSR count). The van der Waals surface area contributed by atoms with Gasteiger partial charge in [0.1, 0.15) is 5.01 Å². The molecular formula is C21H16ClN3OS2. The van der Waals surface area contributed by atoms with Gasteiger partial charge in [-0.15, -0.1) is 11.3 Å². The maximum Gasteiger partial charge on any atom is 0.171 e. The second-order valence-corrected chi connectivity index (χ2v) is 7.98. The molecule has 0 radical (unpaired) electrons. The Kier molecular flexibility index (Phi) is 5.43. The van der Waals surface area contributed by atoms with Crippen LogP contribution in [-0.2, 0) is 6.54 Å². The van der Waals surface area contributed by atoms with Crippen molar-refractivity contribution < 1.29 is 5.11 Å². The van der Waals surface area contributed by atoms with Crippen molar-refractivity contribution in [3.8, 4) is 16.3 Å². The number of rotatable bonds is 4. The van der Waals surface area contributed by atoms with Crippen LogP contribution in [0.3, 0.4) is 0 Å². The first-order valence-corrected chi connectivity index (χ1v) is 10.2. The third-order valence-electron chi connectivity index (χ3n) is 4.15. The van der Waals surface area contributed by atoms with E-state index in [1.54, 1.807) is 23.5 Å². The normalized spacial score (nSPS) is 10.8. The molecule has 28 heavy (non-hydrogen) atoms. The molecule has 0 spiro atoms. The number of para-hydroxylation sites is 1. The average Bonchev–Trinajstić information content (AvgIpc) is 3.15. The first-order chi connectivity index (χ1) is 13.6. The summed E-state index contributed by atoms with van der Waals surface area (Å²) in [5.74, 6) is -0.0459. The highest BCUT2D eigenvalue weighted by Crippen LogP contribution is 2.39. The van der Waals surface area contributed by atoms with Gasteiger partial charge in [0.2, 0.25) is 0 Å². The number of benzene rings is 3. The zero-order valence-electron chi connectivity index (χ0n) is 14.6. The van der Waals surface area contributed by atoms with Crippen molar-refractivity contribution >= 4 is 56.2 Å². The number of aromatic nitrogens is 1. The van der Waals surface area contributed by atoms with Crippen molar-refractivity contribution in [1.82, 2.24) is 10.3 Å². The van der Waals surface area contributed by atoms with E-state index in [1.807, 2.05) is 54.6 Å². The van der Waals surface area contributed by atoms with Crippen LogP contribution in [0.1, 0.15) is 5.56 Å². The second kappa shape index (κ2) is 8.14. The van der Waals surface area contributed by atoms with E-state index in [2.05, 4.69) is 15.6 Å². The topological polar surface area (TPSA) is 57.2 Å². The number of hydrogen-bond acceptors (Lipinski definition) is 4. The van der Waals surface area contributed by atoms with Crippen LogP contribution in [0.15, 0.2) is 66.7 Å². The van der Waals surface area contributed by atoms with E-state index in [4.69, 9.17) is 23.8 Å². The van der Waals surface area contributed by atoms with Crippen LogP contribution in [-0.4, -0.2) is 15.2 Å². The summed E-state index contributed by atoms with van der Waals surface area (Å²) >= 11 is 13.2. The van der Waals surface area contributed by atoms with E-state index >= 15 is 0 Å². The Morgan fingerprint density at radius 2 is 1.82 bits per heavy atom. The summed E-state index contributed by atoms with van der Waals surface area (Å²) in [6.45, 7) is 0.582. The maximum atomic E-state index is 10.3. The Morgan fingerprint density at radius 3 is 2.61 bits per heavy atom. The molecule has 0 saturated carbocycles. The van der Waals surface area contributed by atoms with Gasteiger partial charge in [-0.3, -0.25) is 0 Å². The molecule has 1 heterocycles. The number of anilines is 1. The van der Waals surface area contributed by atoms with Crippen molar-refractivity contribution in [3.05, 3.63) is 77.3 Å². The number of thiazole rings is 1. The number of aromatic hydroxyl groups is 1. The van der Waals surface area contributed by atoms with Crippen molar-refractivity contribution in [1.29, 1.82) is 0 Å². The molecular weight excluding hydrogens is 410 g/mol. The van der Waals surface area contributed by atoms with Gasteiger partial charge in [-0.25, -0.2) is 4.98 Å². The molecule has 0 fully saturated rings. The number of nitrogens with zero attached hydrogens (tertiary/aromatic N) is 1. The van der Waals surface area contributed by atoms with Crippen molar-refractivity contribution in [2.24, 2.45) is 0 Å². The average molecular weight is 426 g/mol. The van der Waals surface area contributed by atoms with E-state index in [0.717, 1.165) is 26.4 Å². The molecule has 0 bridgehead atoms. The number of thiocarbonyl (C=S) groups is 1.